The summed E-state index contributed by atoms with van der Waals surface area (Å²) in [5, 5.41) is 0. The van der Waals surface area contributed by atoms with Crippen molar-refractivity contribution >= 4 is 11.6 Å². The standard InChI is InChI=1S/C15H25N5/c1-2-3-9-17-15(18-16)20-12-10-19(11-13-20)14-7-5-4-6-8-14/h4-8H,2-3,9-13,16H2,1H3,(H,17,18). The Bertz CT molecular complexity index is 410. The number of hydrogen-bond acceptors (Lipinski definition) is 3. The fourth-order valence-corrected chi connectivity index (χ4v) is 2.40. The minimum absolute atomic E-state index is 0.825. The zero-order valence-corrected chi connectivity index (χ0v) is 12.3. The number of nitrogens with two attached hydrogens (primary N) is 1. The van der Waals surface area contributed by atoms with Crippen molar-refractivity contribution in [3.63, 3.8) is 0 Å². The van der Waals surface area contributed by atoms with Crippen LogP contribution in [-0.2, 0) is 0 Å². The summed E-state index contributed by atoms with van der Waals surface area (Å²) in [7, 11) is 0. The molecule has 3 N–H and O–H groups in total. The number of para-hydroxylation sites is 1. The monoisotopic (exact) mass is 275 g/mol. The van der Waals surface area contributed by atoms with E-state index < -0.39 is 0 Å². The molecule has 5 heteroatoms. The Morgan fingerprint density at radius 2 is 1.90 bits per heavy atom. The third-order valence-electron chi connectivity index (χ3n) is 3.60. The number of aliphatic imine (C=N–C) groups is 1. The first-order chi connectivity index (χ1) is 9.85. The average Bonchev–Trinajstić information content (AvgIpc) is 2.53. The molecule has 0 radical (unpaired) electrons. The summed E-state index contributed by atoms with van der Waals surface area (Å²) in [6.45, 7) is 6.91. The molecule has 0 unspecified atom stereocenters. The number of nitrogens with one attached hydrogen (secondary N) is 1. The van der Waals surface area contributed by atoms with Crippen LogP contribution in [0, 0.1) is 0 Å². The van der Waals surface area contributed by atoms with Crippen molar-refractivity contribution in [2.75, 3.05) is 37.6 Å². The molecule has 0 saturated carbocycles. The highest BCUT2D eigenvalue weighted by Gasteiger charge is 2.19. The number of hydrogen-bond donors (Lipinski definition) is 2. The Balaban J connectivity index is 1.88. The van der Waals surface area contributed by atoms with Gasteiger partial charge in [0.05, 0.1) is 0 Å². The second-order valence-corrected chi connectivity index (χ2v) is 5.01. The Morgan fingerprint density at radius 3 is 2.50 bits per heavy atom. The smallest absolute Gasteiger partial charge is 0.208 e. The fourth-order valence-electron chi connectivity index (χ4n) is 2.40. The van der Waals surface area contributed by atoms with Crippen LogP contribution in [0.25, 0.3) is 0 Å². The van der Waals surface area contributed by atoms with Crippen LogP contribution in [0.5, 0.6) is 0 Å². The molecule has 0 aromatic heterocycles. The molecule has 0 amide bonds. The number of benzene rings is 1. The lowest BCUT2D eigenvalue weighted by molar-refractivity contribution is 0.372. The molecule has 1 aromatic carbocycles. The molecule has 1 fully saturated rings. The number of nitrogens with zero attached hydrogens (tertiary/aromatic N) is 3. The van der Waals surface area contributed by atoms with Crippen LogP contribution in [-0.4, -0.2) is 43.6 Å². The van der Waals surface area contributed by atoms with E-state index in [4.69, 9.17) is 5.84 Å². The maximum absolute atomic E-state index is 5.60. The van der Waals surface area contributed by atoms with E-state index >= 15 is 0 Å². The number of anilines is 1. The number of unbranched alkanes of at least 4 members (excludes halogenated alkanes) is 1. The highest BCUT2D eigenvalue weighted by molar-refractivity contribution is 5.79. The van der Waals surface area contributed by atoms with Gasteiger partial charge in [-0.15, -0.1) is 0 Å². The lowest BCUT2D eigenvalue weighted by Gasteiger charge is -2.37. The van der Waals surface area contributed by atoms with Crippen molar-refractivity contribution in [2.45, 2.75) is 19.8 Å². The van der Waals surface area contributed by atoms with Crippen molar-refractivity contribution in [1.29, 1.82) is 0 Å². The molecule has 2 rings (SSSR count). The van der Waals surface area contributed by atoms with Crippen molar-refractivity contribution in [3.05, 3.63) is 30.3 Å². The van der Waals surface area contributed by atoms with Gasteiger partial charge in [-0.05, 0) is 18.6 Å². The Hall–Kier alpha value is -1.75. The maximum atomic E-state index is 5.60. The summed E-state index contributed by atoms with van der Waals surface area (Å²) in [5.41, 5.74) is 4.03. The Kier molecular flexibility index (Phi) is 5.68. The third-order valence-corrected chi connectivity index (χ3v) is 3.60. The minimum atomic E-state index is 0.825. The molecule has 1 aromatic rings. The van der Waals surface area contributed by atoms with Gasteiger partial charge in [0.2, 0.25) is 5.96 Å². The zero-order valence-electron chi connectivity index (χ0n) is 12.3. The predicted molar refractivity (Wildman–Crippen MR) is 84.8 cm³/mol. The zero-order chi connectivity index (χ0) is 14.2. The van der Waals surface area contributed by atoms with Crippen molar-refractivity contribution < 1.29 is 0 Å². The van der Waals surface area contributed by atoms with Gasteiger partial charge in [0.25, 0.3) is 0 Å². The third kappa shape index (κ3) is 3.87. The van der Waals surface area contributed by atoms with Crippen molar-refractivity contribution in [3.8, 4) is 0 Å². The van der Waals surface area contributed by atoms with E-state index in [0.717, 1.165) is 51.5 Å². The second-order valence-electron chi connectivity index (χ2n) is 5.01. The fraction of sp³-hybridized carbons (Fsp3) is 0.533. The first-order valence-corrected chi connectivity index (χ1v) is 7.41. The van der Waals surface area contributed by atoms with E-state index in [0.29, 0.717) is 0 Å². The molecular formula is C15H25N5. The first-order valence-electron chi connectivity index (χ1n) is 7.41. The molecule has 110 valence electrons. The lowest BCUT2D eigenvalue weighted by Crippen LogP contribution is -2.54. The van der Waals surface area contributed by atoms with E-state index in [9.17, 15) is 0 Å². The lowest BCUT2D eigenvalue weighted by atomic mass is 10.2. The van der Waals surface area contributed by atoms with E-state index in [1.807, 2.05) is 0 Å². The summed E-state index contributed by atoms with van der Waals surface area (Å²) >= 11 is 0. The number of rotatable bonds is 4. The summed E-state index contributed by atoms with van der Waals surface area (Å²) in [6.07, 6.45) is 2.26. The maximum Gasteiger partial charge on any atom is 0.208 e. The van der Waals surface area contributed by atoms with Gasteiger partial charge in [-0.1, -0.05) is 31.5 Å². The second kappa shape index (κ2) is 7.75. The summed E-state index contributed by atoms with van der Waals surface area (Å²) < 4.78 is 0. The average molecular weight is 275 g/mol. The van der Waals surface area contributed by atoms with Gasteiger partial charge >= 0.3 is 0 Å². The molecule has 20 heavy (non-hydrogen) atoms. The molecule has 1 saturated heterocycles. The molecule has 0 bridgehead atoms. The normalized spacial score (nSPS) is 16.4. The summed E-state index contributed by atoms with van der Waals surface area (Å²) in [4.78, 5) is 9.17. The summed E-state index contributed by atoms with van der Waals surface area (Å²) in [5.74, 6) is 6.42. The SMILES string of the molecule is CCCCN=C(NN)N1CCN(c2ccccc2)CC1. The number of piperazine rings is 1. The quantitative estimate of drug-likeness (QED) is 0.287. The van der Waals surface area contributed by atoms with Crippen LogP contribution in [0.4, 0.5) is 5.69 Å². The molecule has 1 aliphatic rings. The van der Waals surface area contributed by atoms with Gasteiger partial charge in [-0.2, -0.15) is 0 Å². The van der Waals surface area contributed by atoms with Gasteiger partial charge in [-0.3, -0.25) is 10.4 Å². The topological polar surface area (TPSA) is 56.9 Å². The summed E-state index contributed by atoms with van der Waals surface area (Å²) in [6, 6.07) is 10.5. The first kappa shape index (κ1) is 14.7. The van der Waals surface area contributed by atoms with Crippen LogP contribution < -0.4 is 16.2 Å². The molecule has 0 aliphatic carbocycles. The number of hydrazine groups is 1. The van der Waals surface area contributed by atoms with Crippen LogP contribution in [0.2, 0.25) is 0 Å². The van der Waals surface area contributed by atoms with E-state index in [-0.39, 0.29) is 0 Å². The van der Waals surface area contributed by atoms with Crippen LogP contribution in [0.15, 0.2) is 35.3 Å². The molecule has 1 heterocycles. The van der Waals surface area contributed by atoms with E-state index in [1.54, 1.807) is 0 Å². The van der Waals surface area contributed by atoms with Crippen LogP contribution >= 0.6 is 0 Å². The molecule has 0 atom stereocenters. The molecule has 5 nitrogen and oxygen atoms in total. The van der Waals surface area contributed by atoms with Crippen LogP contribution in [0.3, 0.4) is 0 Å². The molecular weight excluding hydrogens is 250 g/mol. The highest BCUT2D eigenvalue weighted by Crippen LogP contribution is 2.15. The Labute approximate surface area is 121 Å². The van der Waals surface area contributed by atoms with Gasteiger partial charge < -0.3 is 9.80 Å². The largest absolute Gasteiger partial charge is 0.368 e. The van der Waals surface area contributed by atoms with Gasteiger partial charge in [0, 0.05) is 38.4 Å². The molecule has 0 spiro atoms. The van der Waals surface area contributed by atoms with Gasteiger partial charge in [-0.25, -0.2) is 5.84 Å². The predicted octanol–water partition coefficient (Wildman–Crippen LogP) is 1.43. The van der Waals surface area contributed by atoms with Crippen molar-refractivity contribution in [1.82, 2.24) is 10.3 Å². The number of guanidine groups is 1. The molecule has 1 aliphatic heterocycles. The highest BCUT2D eigenvalue weighted by atomic mass is 15.4. The van der Waals surface area contributed by atoms with Crippen LogP contribution in [0.1, 0.15) is 19.8 Å². The Morgan fingerprint density at radius 1 is 1.20 bits per heavy atom. The van der Waals surface area contributed by atoms with E-state index in [2.05, 4.69) is 57.5 Å². The van der Waals surface area contributed by atoms with Gasteiger partial charge in [0.1, 0.15) is 0 Å². The van der Waals surface area contributed by atoms with Crippen molar-refractivity contribution in [2.24, 2.45) is 10.8 Å². The van der Waals surface area contributed by atoms with E-state index in [1.165, 1.54) is 5.69 Å². The minimum Gasteiger partial charge on any atom is -0.368 e. The van der Waals surface area contributed by atoms with Gasteiger partial charge in [0.15, 0.2) is 0 Å².